The first-order valence-corrected chi connectivity index (χ1v) is 7.10. The summed E-state index contributed by atoms with van der Waals surface area (Å²) in [6.07, 6.45) is 4.09. The van der Waals surface area contributed by atoms with E-state index in [2.05, 4.69) is 18.8 Å². The maximum absolute atomic E-state index is 12.1. The predicted molar refractivity (Wildman–Crippen MR) is 81.5 cm³/mol. The molecule has 0 N–H and O–H groups in total. The Morgan fingerprint density at radius 2 is 1.81 bits per heavy atom. The van der Waals surface area contributed by atoms with Gasteiger partial charge in [-0.05, 0) is 17.9 Å². The van der Waals surface area contributed by atoms with Crippen LogP contribution in [0.4, 0.5) is 0 Å². The number of carbonyl (C=O) groups excluding carboxylic acids is 2. The first-order chi connectivity index (χ1) is 9.97. The van der Waals surface area contributed by atoms with Crippen molar-refractivity contribution in [2.75, 3.05) is 0 Å². The molecule has 2 aromatic rings. The number of hydrogen-bond acceptors (Lipinski definition) is 3. The summed E-state index contributed by atoms with van der Waals surface area (Å²) in [5, 5.41) is 0. The molecule has 0 saturated carbocycles. The van der Waals surface area contributed by atoms with Crippen molar-refractivity contribution in [1.29, 1.82) is 0 Å². The van der Waals surface area contributed by atoms with Gasteiger partial charge in [0.25, 0.3) is 0 Å². The summed E-state index contributed by atoms with van der Waals surface area (Å²) >= 11 is 0. The van der Waals surface area contributed by atoms with E-state index in [1.54, 1.807) is 36.1 Å². The third kappa shape index (κ3) is 3.88. The van der Waals surface area contributed by atoms with Crippen LogP contribution >= 0.6 is 0 Å². The van der Waals surface area contributed by atoms with Crippen LogP contribution in [0.2, 0.25) is 0 Å². The fourth-order valence-electron chi connectivity index (χ4n) is 2.26. The molecule has 0 aliphatic carbocycles. The van der Waals surface area contributed by atoms with E-state index >= 15 is 0 Å². The summed E-state index contributed by atoms with van der Waals surface area (Å²) in [4.78, 5) is 28.1. The van der Waals surface area contributed by atoms with Crippen molar-refractivity contribution in [3.8, 4) is 0 Å². The number of Topliss-reactive ketones (excluding diaryl/α,β-unsaturated/α-hetero) is 2. The zero-order valence-electron chi connectivity index (χ0n) is 12.7. The lowest BCUT2D eigenvalue weighted by Gasteiger charge is -2.06. The molecule has 1 heterocycles. The molecule has 110 valence electrons. The highest BCUT2D eigenvalue weighted by atomic mass is 16.1. The van der Waals surface area contributed by atoms with Crippen LogP contribution in [0, 0.1) is 5.92 Å². The Balaban J connectivity index is 2.03. The maximum atomic E-state index is 12.1. The van der Waals surface area contributed by atoms with Crippen molar-refractivity contribution in [2.24, 2.45) is 13.0 Å². The van der Waals surface area contributed by atoms with Crippen molar-refractivity contribution < 1.29 is 9.59 Å². The van der Waals surface area contributed by atoms with Gasteiger partial charge in [-0.2, -0.15) is 0 Å². The first kappa shape index (κ1) is 15.2. The molecule has 0 unspecified atom stereocenters. The van der Waals surface area contributed by atoms with Gasteiger partial charge in [-0.3, -0.25) is 9.59 Å². The predicted octanol–water partition coefficient (Wildman–Crippen LogP) is 3.07. The summed E-state index contributed by atoms with van der Waals surface area (Å²) in [7, 11) is 1.74. The van der Waals surface area contributed by atoms with Gasteiger partial charge < -0.3 is 4.57 Å². The molecule has 0 saturated heterocycles. The summed E-state index contributed by atoms with van der Waals surface area (Å²) in [5.74, 6) is 0.481. The second-order valence-corrected chi connectivity index (χ2v) is 5.68. The number of rotatable bonds is 6. The molecule has 1 aromatic heterocycles. The number of hydrogen-bond donors (Lipinski definition) is 0. The van der Waals surface area contributed by atoms with E-state index in [4.69, 9.17) is 0 Å². The van der Waals surface area contributed by atoms with Crippen molar-refractivity contribution in [3.05, 3.63) is 53.6 Å². The Bertz CT molecular complexity index is 639. The van der Waals surface area contributed by atoms with Crippen molar-refractivity contribution >= 4 is 11.6 Å². The molecule has 0 spiro atoms. The molecule has 0 aliphatic heterocycles. The van der Waals surface area contributed by atoms with Crippen LogP contribution in [0.3, 0.4) is 0 Å². The number of imidazole rings is 1. The van der Waals surface area contributed by atoms with Gasteiger partial charge in [0.05, 0.1) is 6.42 Å². The highest BCUT2D eigenvalue weighted by molar-refractivity contribution is 6.12. The van der Waals surface area contributed by atoms with E-state index < -0.39 is 0 Å². The standard InChI is InChI=1S/C17H20N2O2/c1-12(2)10-13-4-6-14(7-5-13)15(20)11-16(21)17-18-8-9-19(17)3/h4-9,12H,10-11H2,1-3H3. The van der Waals surface area contributed by atoms with Gasteiger partial charge in [-0.25, -0.2) is 4.98 Å². The maximum Gasteiger partial charge on any atom is 0.205 e. The third-order valence-corrected chi connectivity index (χ3v) is 3.31. The Morgan fingerprint density at radius 3 is 2.33 bits per heavy atom. The van der Waals surface area contributed by atoms with Gasteiger partial charge in [-0.1, -0.05) is 38.1 Å². The van der Waals surface area contributed by atoms with E-state index in [1.165, 1.54) is 5.56 Å². The summed E-state index contributed by atoms with van der Waals surface area (Å²) < 4.78 is 1.63. The number of aromatic nitrogens is 2. The Morgan fingerprint density at radius 1 is 1.14 bits per heavy atom. The van der Waals surface area contributed by atoms with Gasteiger partial charge in [0.15, 0.2) is 11.6 Å². The second-order valence-electron chi connectivity index (χ2n) is 5.68. The lowest BCUT2D eigenvalue weighted by Crippen LogP contribution is -2.13. The minimum Gasteiger partial charge on any atom is -0.332 e. The van der Waals surface area contributed by atoms with E-state index in [-0.39, 0.29) is 18.0 Å². The number of ketones is 2. The quantitative estimate of drug-likeness (QED) is 0.605. The molecule has 4 heteroatoms. The number of carbonyl (C=O) groups is 2. The van der Waals surface area contributed by atoms with Crippen LogP contribution < -0.4 is 0 Å². The highest BCUT2D eigenvalue weighted by Crippen LogP contribution is 2.12. The summed E-state index contributed by atoms with van der Waals surface area (Å²) in [6.45, 7) is 4.31. The molecule has 1 aromatic carbocycles. The number of aryl methyl sites for hydroxylation is 1. The smallest absolute Gasteiger partial charge is 0.205 e. The largest absolute Gasteiger partial charge is 0.332 e. The SMILES string of the molecule is CC(C)Cc1ccc(C(=O)CC(=O)c2nccn2C)cc1. The van der Waals surface area contributed by atoms with E-state index in [9.17, 15) is 9.59 Å². The molecule has 0 fully saturated rings. The molecule has 0 aliphatic rings. The van der Waals surface area contributed by atoms with Crippen LogP contribution in [0.25, 0.3) is 0 Å². The lowest BCUT2D eigenvalue weighted by molar-refractivity contribution is 0.0886. The van der Waals surface area contributed by atoms with Crippen LogP contribution in [0.1, 0.15) is 46.8 Å². The zero-order chi connectivity index (χ0) is 15.4. The first-order valence-electron chi connectivity index (χ1n) is 7.10. The summed E-state index contributed by atoms with van der Waals surface area (Å²) in [6, 6.07) is 7.51. The molecular formula is C17H20N2O2. The van der Waals surface area contributed by atoms with Crippen molar-refractivity contribution in [2.45, 2.75) is 26.7 Å². The van der Waals surface area contributed by atoms with Crippen molar-refractivity contribution in [1.82, 2.24) is 9.55 Å². The minimum absolute atomic E-state index is 0.144. The molecule has 2 rings (SSSR count). The zero-order valence-corrected chi connectivity index (χ0v) is 12.7. The fourth-order valence-corrected chi connectivity index (χ4v) is 2.26. The molecular weight excluding hydrogens is 264 g/mol. The Labute approximate surface area is 124 Å². The number of nitrogens with zero attached hydrogens (tertiary/aromatic N) is 2. The van der Waals surface area contributed by atoms with Crippen LogP contribution in [-0.4, -0.2) is 21.1 Å². The van der Waals surface area contributed by atoms with E-state index in [0.717, 1.165) is 6.42 Å². The average Bonchev–Trinajstić information content (AvgIpc) is 2.85. The van der Waals surface area contributed by atoms with Gasteiger partial charge in [0, 0.05) is 25.0 Å². The number of benzene rings is 1. The molecule has 0 radical (unpaired) electrons. The molecule has 4 nitrogen and oxygen atoms in total. The average molecular weight is 284 g/mol. The van der Waals surface area contributed by atoms with Crippen LogP contribution in [0.5, 0.6) is 0 Å². The van der Waals surface area contributed by atoms with Crippen LogP contribution in [0.15, 0.2) is 36.7 Å². The molecule has 21 heavy (non-hydrogen) atoms. The normalized spacial score (nSPS) is 10.9. The molecule has 0 atom stereocenters. The van der Waals surface area contributed by atoms with Gasteiger partial charge >= 0.3 is 0 Å². The fraction of sp³-hybridized carbons (Fsp3) is 0.353. The highest BCUT2D eigenvalue weighted by Gasteiger charge is 2.16. The lowest BCUT2D eigenvalue weighted by atomic mass is 9.99. The summed E-state index contributed by atoms with van der Waals surface area (Å²) in [5.41, 5.74) is 1.78. The van der Waals surface area contributed by atoms with Gasteiger partial charge in [-0.15, -0.1) is 0 Å². The molecule has 0 bridgehead atoms. The van der Waals surface area contributed by atoms with Gasteiger partial charge in [0.1, 0.15) is 0 Å². The Kier molecular flexibility index (Phi) is 4.68. The van der Waals surface area contributed by atoms with E-state index in [0.29, 0.717) is 17.3 Å². The minimum atomic E-state index is -0.251. The van der Waals surface area contributed by atoms with Gasteiger partial charge in [0.2, 0.25) is 5.78 Å². The Hall–Kier alpha value is -2.23. The van der Waals surface area contributed by atoms with Crippen molar-refractivity contribution in [3.63, 3.8) is 0 Å². The van der Waals surface area contributed by atoms with E-state index in [1.807, 2.05) is 12.1 Å². The second kappa shape index (κ2) is 6.48. The van der Waals surface area contributed by atoms with Crippen LogP contribution in [-0.2, 0) is 13.5 Å². The molecule has 0 amide bonds. The third-order valence-electron chi connectivity index (χ3n) is 3.31. The monoisotopic (exact) mass is 284 g/mol. The topological polar surface area (TPSA) is 52.0 Å².